The number of rotatable bonds is 3. The standard InChI is InChI=1S/C11H13FO2/c1-8-3-4-10(12)9(7-8)11(2,14)5-6-13/h3-4,6-7,14H,5H2,1-2H3. The third kappa shape index (κ3) is 2.17. The first kappa shape index (κ1) is 10.9. The number of carbonyl (C=O) groups is 1. The van der Waals surface area contributed by atoms with Gasteiger partial charge in [-0.1, -0.05) is 17.7 Å². The van der Waals surface area contributed by atoms with Crippen LogP contribution in [0.15, 0.2) is 18.2 Å². The number of hydrogen-bond donors (Lipinski definition) is 1. The highest BCUT2D eigenvalue weighted by molar-refractivity contribution is 5.52. The van der Waals surface area contributed by atoms with Gasteiger partial charge >= 0.3 is 0 Å². The molecule has 2 nitrogen and oxygen atoms in total. The van der Waals surface area contributed by atoms with E-state index >= 15 is 0 Å². The van der Waals surface area contributed by atoms with Gasteiger partial charge in [0.2, 0.25) is 0 Å². The molecule has 1 N–H and O–H groups in total. The molecular weight excluding hydrogens is 183 g/mol. The summed E-state index contributed by atoms with van der Waals surface area (Å²) in [6, 6.07) is 4.47. The van der Waals surface area contributed by atoms with Crippen LogP contribution in [0.2, 0.25) is 0 Å². The van der Waals surface area contributed by atoms with Gasteiger partial charge in [-0.15, -0.1) is 0 Å². The van der Waals surface area contributed by atoms with Crippen LogP contribution in [-0.2, 0) is 10.4 Å². The van der Waals surface area contributed by atoms with Crippen molar-refractivity contribution in [3.63, 3.8) is 0 Å². The average Bonchev–Trinajstić information content (AvgIpc) is 2.09. The summed E-state index contributed by atoms with van der Waals surface area (Å²) in [5.74, 6) is -0.484. The van der Waals surface area contributed by atoms with E-state index in [-0.39, 0.29) is 12.0 Å². The van der Waals surface area contributed by atoms with Crippen molar-refractivity contribution in [2.24, 2.45) is 0 Å². The summed E-state index contributed by atoms with van der Waals surface area (Å²) in [6.07, 6.45) is 0.481. The fraction of sp³-hybridized carbons (Fsp3) is 0.364. The normalized spacial score (nSPS) is 14.9. The minimum Gasteiger partial charge on any atom is -0.385 e. The lowest BCUT2D eigenvalue weighted by molar-refractivity contribution is -0.112. The fourth-order valence-corrected chi connectivity index (χ4v) is 1.32. The van der Waals surface area contributed by atoms with Gasteiger partial charge in [0.05, 0.1) is 5.60 Å². The van der Waals surface area contributed by atoms with Crippen molar-refractivity contribution in [3.05, 3.63) is 35.1 Å². The molecule has 0 aliphatic rings. The smallest absolute Gasteiger partial charge is 0.129 e. The molecule has 1 aromatic rings. The minimum atomic E-state index is -1.42. The molecule has 1 unspecified atom stereocenters. The lowest BCUT2D eigenvalue weighted by Crippen LogP contribution is -2.23. The summed E-state index contributed by atoms with van der Waals surface area (Å²) in [5.41, 5.74) is -0.394. The molecule has 0 spiro atoms. The van der Waals surface area contributed by atoms with Crippen molar-refractivity contribution in [3.8, 4) is 0 Å². The molecule has 1 rings (SSSR count). The predicted molar refractivity (Wildman–Crippen MR) is 51.4 cm³/mol. The number of halogens is 1. The van der Waals surface area contributed by atoms with Crippen LogP contribution < -0.4 is 0 Å². The van der Waals surface area contributed by atoms with Gasteiger partial charge in [0.15, 0.2) is 0 Å². The van der Waals surface area contributed by atoms with Crippen LogP contribution in [-0.4, -0.2) is 11.4 Å². The van der Waals surface area contributed by atoms with Crippen molar-refractivity contribution in [2.75, 3.05) is 0 Å². The van der Waals surface area contributed by atoms with E-state index in [1.54, 1.807) is 19.1 Å². The number of benzene rings is 1. The summed E-state index contributed by atoms with van der Waals surface area (Å²) in [5, 5.41) is 9.82. The first-order valence-corrected chi connectivity index (χ1v) is 4.40. The maximum absolute atomic E-state index is 13.3. The lowest BCUT2D eigenvalue weighted by atomic mass is 9.91. The molecule has 0 aliphatic carbocycles. The Morgan fingerprint density at radius 2 is 2.21 bits per heavy atom. The lowest BCUT2D eigenvalue weighted by Gasteiger charge is -2.22. The maximum Gasteiger partial charge on any atom is 0.129 e. The first-order chi connectivity index (χ1) is 6.47. The molecule has 0 radical (unpaired) electrons. The van der Waals surface area contributed by atoms with Gasteiger partial charge < -0.3 is 9.90 Å². The van der Waals surface area contributed by atoms with E-state index in [0.29, 0.717) is 6.29 Å². The Hall–Kier alpha value is -1.22. The largest absolute Gasteiger partial charge is 0.385 e. The summed E-state index contributed by atoms with van der Waals surface area (Å²) in [7, 11) is 0. The highest BCUT2D eigenvalue weighted by Gasteiger charge is 2.25. The van der Waals surface area contributed by atoms with E-state index < -0.39 is 11.4 Å². The second-order valence-electron chi connectivity index (χ2n) is 3.63. The molecule has 0 amide bonds. The van der Waals surface area contributed by atoms with E-state index in [4.69, 9.17) is 0 Å². The Morgan fingerprint density at radius 3 is 2.79 bits per heavy atom. The number of aldehydes is 1. The molecule has 0 saturated heterocycles. The van der Waals surface area contributed by atoms with Crippen molar-refractivity contribution < 1.29 is 14.3 Å². The zero-order valence-electron chi connectivity index (χ0n) is 8.25. The van der Waals surface area contributed by atoms with E-state index in [2.05, 4.69) is 0 Å². The summed E-state index contributed by atoms with van der Waals surface area (Å²) < 4.78 is 13.3. The quantitative estimate of drug-likeness (QED) is 0.750. The molecule has 0 bridgehead atoms. The summed E-state index contributed by atoms with van der Waals surface area (Å²) in [6.45, 7) is 3.24. The van der Waals surface area contributed by atoms with Crippen LogP contribution in [0.4, 0.5) is 4.39 Å². The number of carbonyl (C=O) groups excluding carboxylic acids is 1. The fourth-order valence-electron chi connectivity index (χ4n) is 1.32. The SMILES string of the molecule is Cc1ccc(F)c(C(C)(O)CC=O)c1. The maximum atomic E-state index is 13.3. The Bertz CT molecular complexity index is 345. The molecule has 0 aliphatic heterocycles. The molecule has 76 valence electrons. The molecule has 0 fully saturated rings. The van der Waals surface area contributed by atoms with Crippen molar-refractivity contribution >= 4 is 6.29 Å². The third-order valence-electron chi connectivity index (χ3n) is 2.18. The van der Waals surface area contributed by atoms with Crippen LogP contribution in [0.25, 0.3) is 0 Å². The van der Waals surface area contributed by atoms with Crippen LogP contribution >= 0.6 is 0 Å². The molecule has 1 aromatic carbocycles. The predicted octanol–water partition coefficient (Wildman–Crippen LogP) is 1.93. The second-order valence-corrected chi connectivity index (χ2v) is 3.63. The Kier molecular flexibility index (Phi) is 3.01. The van der Waals surface area contributed by atoms with E-state index in [0.717, 1.165) is 5.56 Å². The highest BCUT2D eigenvalue weighted by atomic mass is 19.1. The van der Waals surface area contributed by atoms with Crippen molar-refractivity contribution in [2.45, 2.75) is 25.9 Å². The van der Waals surface area contributed by atoms with Gasteiger partial charge in [-0.3, -0.25) is 0 Å². The van der Waals surface area contributed by atoms with Gasteiger partial charge in [-0.2, -0.15) is 0 Å². The molecular formula is C11H13FO2. The van der Waals surface area contributed by atoms with Gasteiger partial charge in [-0.25, -0.2) is 4.39 Å². The molecule has 1 atom stereocenters. The van der Waals surface area contributed by atoms with Crippen LogP contribution in [0, 0.1) is 12.7 Å². The topological polar surface area (TPSA) is 37.3 Å². The molecule has 0 heterocycles. The van der Waals surface area contributed by atoms with E-state index in [1.165, 1.54) is 13.0 Å². The van der Waals surface area contributed by atoms with Gasteiger partial charge in [-0.05, 0) is 19.9 Å². The second kappa shape index (κ2) is 3.88. The molecule has 0 aromatic heterocycles. The van der Waals surface area contributed by atoms with Crippen LogP contribution in [0.5, 0.6) is 0 Å². The Morgan fingerprint density at radius 1 is 1.57 bits per heavy atom. The number of aliphatic hydroxyl groups is 1. The van der Waals surface area contributed by atoms with Crippen molar-refractivity contribution in [1.82, 2.24) is 0 Å². The first-order valence-electron chi connectivity index (χ1n) is 4.40. The zero-order valence-corrected chi connectivity index (χ0v) is 8.25. The van der Waals surface area contributed by atoms with Crippen LogP contribution in [0.3, 0.4) is 0 Å². The average molecular weight is 196 g/mol. The van der Waals surface area contributed by atoms with Gasteiger partial charge in [0.25, 0.3) is 0 Å². The highest BCUT2D eigenvalue weighted by Crippen LogP contribution is 2.26. The van der Waals surface area contributed by atoms with Gasteiger partial charge in [0, 0.05) is 12.0 Å². The molecule has 14 heavy (non-hydrogen) atoms. The van der Waals surface area contributed by atoms with Gasteiger partial charge in [0.1, 0.15) is 12.1 Å². The molecule has 0 saturated carbocycles. The molecule has 3 heteroatoms. The summed E-state index contributed by atoms with van der Waals surface area (Å²) >= 11 is 0. The third-order valence-corrected chi connectivity index (χ3v) is 2.18. The van der Waals surface area contributed by atoms with Crippen molar-refractivity contribution in [1.29, 1.82) is 0 Å². The summed E-state index contributed by atoms with van der Waals surface area (Å²) in [4.78, 5) is 10.3. The van der Waals surface area contributed by atoms with E-state index in [9.17, 15) is 14.3 Å². The monoisotopic (exact) mass is 196 g/mol. The minimum absolute atomic E-state index is 0.104. The van der Waals surface area contributed by atoms with Crippen LogP contribution in [0.1, 0.15) is 24.5 Å². The van der Waals surface area contributed by atoms with E-state index in [1.807, 2.05) is 0 Å². The Labute approximate surface area is 82.4 Å². The zero-order chi connectivity index (χ0) is 10.8. The Balaban J connectivity index is 3.16. The number of hydrogen-bond acceptors (Lipinski definition) is 2. The number of aryl methyl sites for hydroxylation is 1.